The van der Waals surface area contributed by atoms with E-state index in [0.29, 0.717) is 19.3 Å². The zero-order chi connectivity index (χ0) is 45.8. The molecule has 1 atom stereocenters. The predicted molar refractivity (Wildman–Crippen MR) is 270 cm³/mol. The monoisotopic (exact) mass is 877 g/mol. The first-order valence-corrected chi connectivity index (χ1v) is 26.1. The fourth-order valence-corrected chi connectivity index (χ4v) is 6.99. The summed E-state index contributed by atoms with van der Waals surface area (Å²) in [6.45, 7) is 6.44. The maximum atomic E-state index is 12.8. The fraction of sp³-hybridized carbons (Fsp3) is 0.702. The zero-order valence-corrected chi connectivity index (χ0v) is 41.1. The van der Waals surface area contributed by atoms with Crippen molar-refractivity contribution in [2.24, 2.45) is 0 Å². The van der Waals surface area contributed by atoms with Crippen LogP contribution in [0.5, 0.6) is 0 Å². The predicted octanol–water partition coefficient (Wildman–Crippen LogP) is 17.2. The lowest BCUT2D eigenvalue weighted by Crippen LogP contribution is -2.30. The van der Waals surface area contributed by atoms with Gasteiger partial charge in [-0.1, -0.05) is 221 Å². The molecule has 0 amide bonds. The Kier molecular flexibility index (Phi) is 48.5. The van der Waals surface area contributed by atoms with E-state index >= 15 is 0 Å². The van der Waals surface area contributed by atoms with E-state index in [-0.39, 0.29) is 31.6 Å². The van der Waals surface area contributed by atoms with Gasteiger partial charge in [-0.2, -0.15) is 0 Å². The number of hydrogen-bond acceptors (Lipinski definition) is 6. The highest BCUT2D eigenvalue weighted by Crippen LogP contribution is 2.14. The van der Waals surface area contributed by atoms with E-state index < -0.39 is 12.1 Å². The van der Waals surface area contributed by atoms with Crippen LogP contribution in [0.2, 0.25) is 0 Å². The van der Waals surface area contributed by atoms with Crippen molar-refractivity contribution in [3.8, 4) is 0 Å². The molecular weight excluding hydrogens is 781 g/mol. The van der Waals surface area contributed by atoms with Gasteiger partial charge in [0.15, 0.2) is 6.10 Å². The van der Waals surface area contributed by atoms with Crippen LogP contribution in [0.1, 0.15) is 239 Å². The molecule has 0 aliphatic carbocycles. The third-order valence-corrected chi connectivity index (χ3v) is 10.9. The first kappa shape index (κ1) is 59.6. The summed E-state index contributed by atoms with van der Waals surface area (Å²) in [5, 5.41) is 0. The molecule has 0 fully saturated rings. The van der Waals surface area contributed by atoms with Gasteiger partial charge < -0.3 is 14.2 Å². The van der Waals surface area contributed by atoms with E-state index in [1.54, 1.807) is 0 Å². The summed E-state index contributed by atoms with van der Waals surface area (Å²) in [4.78, 5) is 37.9. The van der Waals surface area contributed by atoms with E-state index in [1.165, 1.54) is 116 Å². The maximum Gasteiger partial charge on any atom is 0.306 e. The third-order valence-electron chi connectivity index (χ3n) is 10.9. The van der Waals surface area contributed by atoms with Gasteiger partial charge in [-0.25, -0.2) is 0 Å². The summed E-state index contributed by atoms with van der Waals surface area (Å²) in [6.07, 6.45) is 65.8. The van der Waals surface area contributed by atoms with E-state index in [1.807, 2.05) is 12.2 Å². The Hall–Kier alpha value is -3.41. The largest absolute Gasteiger partial charge is 0.462 e. The molecule has 0 aliphatic rings. The molecule has 6 nitrogen and oxygen atoms in total. The molecule has 0 rings (SSSR count). The molecule has 0 saturated heterocycles. The molecular formula is C57H96O6. The summed E-state index contributed by atoms with van der Waals surface area (Å²) in [7, 11) is 0. The smallest absolute Gasteiger partial charge is 0.306 e. The molecule has 0 aromatic carbocycles. The summed E-state index contributed by atoms with van der Waals surface area (Å²) in [5.41, 5.74) is 0. The van der Waals surface area contributed by atoms with Crippen LogP contribution in [0.4, 0.5) is 0 Å². The Morgan fingerprint density at radius 1 is 0.333 bits per heavy atom. The van der Waals surface area contributed by atoms with Crippen LogP contribution in [0.25, 0.3) is 0 Å². The molecule has 0 aromatic rings. The van der Waals surface area contributed by atoms with Gasteiger partial charge >= 0.3 is 17.9 Å². The normalized spacial score (nSPS) is 12.7. The van der Waals surface area contributed by atoms with Crippen LogP contribution in [-0.4, -0.2) is 37.2 Å². The molecule has 63 heavy (non-hydrogen) atoms. The van der Waals surface area contributed by atoms with Gasteiger partial charge in [-0.05, 0) is 83.5 Å². The summed E-state index contributed by atoms with van der Waals surface area (Å²) >= 11 is 0. The highest BCUT2D eigenvalue weighted by Gasteiger charge is 2.19. The van der Waals surface area contributed by atoms with Crippen molar-refractivity contribution in [1.82, 2.24) is 0 Å². The average Bonchev–Trinajstić information content (AvgIpc) is 3.28. The third kappa shape index (κ3) is 49.5. The van der Waals surface area contributed by atoms with Gasteiger partial charge in [0.05, 0.1) is 0 Å². The van der Waals surface area contributed by atoms with Crippen molar-refractivity contribution in [2.75, 3.05) is 13.2 Å². The average molecular weight is 877 g/mol. The summed E-state index contributed by atoms with van der Waals surface area (Å²) < 4.78 is 16.7. The Morgan fingerprint density at radius 3 is 1.05 bits per heavy atom. The van der Waals surface area contributed by atoms with Crippen molar-refractivity contribution < 1.29 is 28.6 Å². The molecule has 0 N–H and O–H groups in total. The highest BCUT2D eigenvalue weighted by atomic mass is 16.6. The topological polar surface area (TPSA) is 78.9 Å². The van der Waals surface area contributed by atoms with Gasteiger partial charge in [0.25, 0.3) is 0 Å². The van der Waals surface area contributed by atoms with Crippen molar-refractivity contribution in [3.63, 3.8) is 0 Å². The highest BCUT2D eigenvalue weighted by molar-refractivity contribution is 5.71. The van der Waals surface area contributed by atoms with Crippen LogP contribution in [0, 0.1) is 0 Å². The zero-order valence-electron chi connectivity index (χ0n) is 41.1. The second kappa shape index (κ2) is 51.2. The van der Waals surface area contributed by atoms with Gasteiger partial charge in [0, 0.05) is 19.3 Å². The number of rotatable bonds is 46. The van der Waals surface area contributed by atoms with Gasteiger partial charge in [0.2, 0.25) is 0 Å². The van der Waals surface area contributed by atoms with Gasteiger partial charge in [-0.3, -0.25) is 14.4 Å². The SMILES string of the molecule is CC/C=C\C/C=C\C/C=C\C/C=C\C/C=C\C/C=C\CCC(=O)O[C@H](COC(=O)CCCCCCCCC/C=C\CCCCCC)COC(=O)CCCCCCCCCCCCC. The van der Waals surface area contributed by atoms with Crippen LogP contribution < -0.4 is 0 Å². The molecule has 0 heterocycles. The number of allylic oxidation sites excluding steroid dienone is 14. The molecule has 0 saturated carbocycles. The molecule has 0 bridgehead atoms. The second-order valence-corrected chi connectivity index (χ2v) is 17.1. The number of carbonyl (C=O) groups is 3. The molecule has 0 spiro atoms. The van der Waals surface area contributed by atoms with E-state index in [0.717, 1.165) is 77.0 Å². The summed E-state index contributed by atoms with van der Waals surface area (Å²) in [6, 6.07) is 0. The van der Waals surface area contributed by atoms with E-state index in [4.69, 9.17) is 14.2 Å². The van der Waals surface area contributed by atoms with Crippen LogP contribution in [0.15, 0.2) is 85.1 Å². The summed E-state index contributed by atoms with van der Waals surface area (Å²) in [5.74, 6) is -0.997. The van der Waals surface area contributed by atoms with Crippen molar-refractivity contribution >= 4 is 17.9 Å². The Labute approximate surface area is 388 Å². The molecule has 0 radical (unpaired) electrons. The molecule has 0 unspecified atom stereocenters. The maximum absolute atomic E-state index is 12.8. The molecule has 0 aliphatic heterocycles. The van der Waals surface area contributed by atoms with Crippen LogP contribution >= 0.6 is 0 Å². The fourth-order valence-electron chi connectivity index (χ4n) is 6.99. The Morgan fingerprint density at radius 2 is 0.651 bits per heavy atom. The lowest BCUT2D eigenvalue weighted by Gasteiger charge is -2.18. The molecule has 360 valence electrons. The second-order valence-electron chi connectivity index (χ2n) is 17.1. The number of esters is 3. The van der Waals surface area contributed by atoms with Gasteiger partial charge in [-0.15, -0.1) is 0 Å². The lowest BCUT2D eigenvalue weighted by molar-refractivity contribution is -0.166. The number of carbonyl (C=O) groups excluding carboxylic acids is 3. The number of ether oxygens (including phenoxy) is 3. The Bertz CT molecular complexity index is 1240. The molecule has 0 aromatic heterocycles. The van der Waals surface area contributed by atoms with Crippen LogP contribution in [0.3, 0.4) is 0 Å². The minimum absolute atomic E-state index is 0.107. The van der Waals surface area contributed by atoms with Gasteiger partial charge in [0.1, 0.15) is 13.2 Å². The first-order valence-electron chi connectivity index (χ1n) is 26.1. The standard InChI is InChI=1S/C57H96O6/c1-4-7-10-13-16-19-22-24-26-27-28-29-31-33-36-39-42-45-48-51-57(60)63-54(52-61-55(58)49-46-43-40-37-34-21-18-15-12-9-6-3)53-62-56(59)50-47-44-41-38-35-32-30-25-23-20-17-14-11-8-5-2/h7,10,16,19-20,23-24,26,28-29,33,36,42,45,54H,4-6,8-9,11-15,17-18,21-22,25,27,30-32,34-35,37-41,43-44,46-53H2,1-3H3/b10-7-,19-16-,23-20-,26-24-,29-28-,36-33-,45-42-/t54-/m0/s1. The van der Waals surface area contributed by atoms with E-state index in [9.17, 15) is 14.4 Å². The van der Waals surface area contributed by atoms with Crippen molar-refractivity contribution in [3.05, 3.63) is 85.1 Å². The minimum atomic E-state index is -0.816. The quantitative estimate of drug-likeness (QED) is 0.0262. The molecule has 6 heteroatoms. The van der Waals surface area contributed by atoms with Crippen molar-refractivity contribution in [1.29, 1.82) is 0 Å². The lowest BCUT2D eigenvalue weighted by atomic mass is 10.1. The van der Waals surface area contributed by atoms with Crippen LogP contribution in [-0.2, 0) is 28.6 Å². The van der Waals surface area contributed by atoms with E-state index in [2.05, 4.69) is 93.7 Å². The Balaban J connectivity index is 4.50. The number of unbranched alkanes of at least 4 members (excludes halogenated alkanes) is 21. The minimum Gasteiger partial charge on any atom is -0.462 e. The van der Waals surface area contributed by atoms with Crippen molar-refractivity contribution in [2.45, 2.75) is 245 Å². The first-order chi connectivity index (χ1) is 31.0. The number of hydrogen-bond donors (Lipinski definition) is 0.